The number of aliphatic hydroxyl groups is 1. The van der Waals surface area contributed by atoms with E-state index in [4.69, 9.17) is 9.52 Å². The first-order chi connectivity index (χ1) is 5.83. The molecular weight excluding hydrogens is 154 g/mol. The van der Waals surface area contributed by atoms with Crippen molar-refractivity contribution < 1.29 is 9.52 Å². The zero-order valence-electron chi connectivity index (χ0n) is 7.34. The van der Waals surface area contributed by atoms with Crippen LogP contribution in [-0.4, -0.2) is 18.3 Å². The van der Waals surface area contributed by atoms with Crippen molar-refractivity contribution in [2.75, 3.05) is 13.2 Å². The summed E-state index contributed by atoms with van der Waals surface area (Å²) >= 11 is 0. The summed E-state index contributed by atoms with van der Waals surface area (Å²) in [6.07, 6.45) is 2.55. The number of furan rings is 1. The molecule has 3 heteroatoms. The smallest absolute Gasteiger partial charge is 0.101 e. The monoisotopic (exact) mass is 169 g/mol. The lowest BCUT2D eigenvalue weighted by Crippen LogP contribution is -2.15. The van der Waals surface area contributed by atoms with Crippen molar-refractivity contribution in [3.8, 4) is 0 Å². The van der Waals surface area contributed by atoms with Crippen LogP contribution in [0.25, 0.3) is 0 Å². The van der Waals surface area contributed by atoms with Gasteiger partial charge in [0.15, 0.2) is 0 Å². The van der Waals surface area contributed by atoms with Gasteiger partial charge in [-0.05, 0) is 26.0 Å². The molecule has 0 saturated heterocycles. The van der Waals surface area contributed by atoms with Gasteiger partial charge in [0.1, 0.15) is 5.76 Å². The highest BCUT2D eigenvalue weighted by Gasteiger charge is 1.95. The molecule has 1 aromatic rings. The second kappa shape index (κ2) is 4.95. The molecule has 0 aliphatic heterocycles. The van der Waals surface area contributed by atoms with Crippen LogP contribution in [0.5, 0.6) is 0 Å². The second-order valence-electron chi connectivity index (χ2n) is 2.82. The maximum absolute atomic E-state index is 8.51. The van der Waals surface area contributed by atoms with Crippen LogP contribution in [0, 0.1) is 6.92 Å². The van der Waals surface area contributed by atoms with E-state index in [1.807, 2.05) is 13.0 Å². The Morgan fingerprint density at radius 3 is 3.00 bits per heavy atom. The Morgan fingerprint density at radius 1 is 1.58 bits per heavy atom. The van der Waals surface area contributed by atoms with Gasteiger partial charge in [0.2, 0.25) is 0 Å². The normalized spacial score (nSPS) is 10.5. The van der Waals surface area contributed by atoms with E-state index in [1.165, 1.54) is 0 Å². The van der Waals surface area contributed by atoms with Crippen molar-refractivity contribution >= 4 is 0 Å². The first-order valence-corrected chi connectivity index (χ1v) is 4.18. The maximum Gasteiger partial charge on any atom is 0.101 e. The van der Waals surface area contributed by atoms with Gasteiger partial charge >= 0.3 is 0 Å². The molecule has 0 atom stereocenters. The summed E-state index contributed by atoms with van der Waals surface area (Å²) in [5.41, 5.74) is 1.16. The quantitative estimate of drug-likeness (QED) is 0.648. The summed E-state index contributed by atoms with van der Waals surface area (Å²) in [5.74, 6) is 0.939. The van der Waals surface area contributed by atoms with Gasteiger partial charge in [0, 0.05) is 18.7 Å². The van der Waals surface area contributed by atoms with Crippen LogP contribution < -0.4 is 5.32 Å². The minimum Gasteiger partial charge on any atom is -0.469 e. The van der Waals surface area contributed by atoms with E-state index in [1.54, 1.807) is 6.26 Å². The lowest BCUT2D eigenvalue weighted by atomic mass is 10.3. The number of rotatable bonds is 5. The Balaban J connectivity index is 2.15. The highest BCUT2D eigenvalue weighted by molar-refractivity contribution is 5.10. The van der Waals surface area contributed by atoms with Crippen molar-refractivity contribution in [1.29, 1.82) is 0 Å². The van der Waals surface area contributed by atoms with Crippen LogP contribution in [0.4, 0.5) is 0 Å². The summed E-state index contributed by atoms with van der Waals surface area (Å²) in [5, 5.41) is 11.7. The first-order valence-electron chi connectivity index (χ1n) is 4.18. The van der Waals surface area contributed by atoms with E-state index in [0.29, 0.717) is 0 Å². The molecule has 0 aliphatic carbocycles. The molecule has 0 fully saturated rings. The molecular formula is C9H15NO2. The molecule has 3 nitrogen and oxygen atoms in total. The Hall–Kier alpha value is -0.800. The predicted octanol–water partition coefficient (Wildman–Crippen LogP) is 1.06. The number of hydrogen-bond acceptors (Lipinski definition) is 3. The Morgan fingerprint density at radius 2 is 2.42 bits per heavy atom. The average molecular weight is 169 g/mol. The molecule has 0 bridgehead atoms. The summed E-state index contributed by atoms with van der Waals surface area (Å²) < 4.78 is 5.13. The molecule has 1 rings (SSSR count). The third-order valence-corrected chi connectivity index (χ3v) is 1.63. The van der Waals surface area contributed by atoms with Gasteiger partial charge in [0.25, 0.3) is 0 Å². The Bertz CT molecular complexity index is 220. The highest BCUT2D eigenvalue weighted by atomic mass is 16.3. The third kappa shape index (κ3) is 3.07. The van der Waals surface area contributed by atoms with Gasteiger partial charge in [0.05, 0.1) is 6.26 Å². The molecule has 1 heterocycles. The largest absolute Gasteiger partial charge is 0.469 e. The Kier molecular flexibility index (Phi) is 3.84. The van der Waals surface area contributed by atoms with Gasteiger partial charge in [-0.1, -0.05) is 0 Å². The fourth-order valence-electron chi connectivity index (χ4n) is 1.03. The SMILES string of the molecule is Cc1cc(CNCCCO)co1. The number of nitrogens with one attached hydrogen (secondary N) is 1. The fourth-order valence-corrected chi connectivity index (χ4v) is 1.03. The van der Waals surface area contributed by atoms with E-state index in [9.17, 15) is 0 Å². The van der Waals surface area contributed by atoms with E-state index in [2.05, 4.69) is 5.32 Å². The van der Waals surface area contributed by atoms with Gasteiger partial charge in [-0.2, -0.15) is 0 Å². The van der Waals surface area contributed by atoms with Crippen molar-refractivity contribution in [2.24, 2.45) is 0 Å². The number of aryl methyl sites for hydroxylation is 1. The molecule has 12 heavy (non-hydrogen) atoms. The molecule has 0 saturated carbocycles. The van der Waals surface area contributed by atoms with Crippen LogP contribution in [0.3, 0.4) is 0 Å². The topological polar surface area (TPSA) is 45.4 Å². The van der Waals surface area contributed by atoms with Crippen LogP contribution in [-0.2, 0) is 6.54 Å². The van der Waals surface area contributed by atoms with E-state index < -0.39 is 0 Å². The summed E-state index contributed by atoms with van der Waals surface area (Å²) in [6, 6.07) is 2.01. The molecule has 0 aromatic carbocycles. The lowest BCUT2D eigenvalue weighted by molar-refractivity contribution is 0.286. The zero-order valence-corrected chi connectivity index (χ0v) is 7.34. The van der Waals surface area contributed by atoms with Crippen LogP contribution in [0.2, 0.25) is 0 Å². The molecule has 68 valence electrons. The fraction of sp³-hybridized carbons (Fsp3) is 0.556. The van der Waals surface area contributed by atoms with Crippen molar-refractivity contribution in [2.45, 2.75) is 19.9 Å². The molecule has 0 aliphatic rings. The highest BCUT2D eigenvalue weighted by Crippen LogP contribution is 2.04. The molecule has 0 spiro atoms. The van der Waals surface area contributed by atoms with E-state index in [0.717, 1.165) is 30.8 Å². The average Bonchev–Trinajstić information content (AvgIpc) is 2.45. The summed E-state index contributed by atoms with van der Waals surface area (Å²) in [7, 11) is 0. The molecule has 1 aromatic heterocycles. The predicted molar refractivity (Wildman–Crippen MR) is 46.9 cm³/mol. The molecule has 0 amide bonds. The van der Waals surface area contributed by atoms with Crippen molar-refractivity contribution in [3.05, 3.63) is 23.7 Å². The summed E-state index contributed by atoms with van der Waals surface area (Å²) in [6.45, 7) is 3.84. The molecule has 0 unspecified atom stereocenters. The third-order valence-electron chi connectivity index (χ3n) is 1.63. The number of hydrogen-bond donors (Lipinski definition) is 2. The van der Waals surface area contributed by atoms with Gasteiger partial charge in [-0.3, -0.25) is 0 Å². The summed E-state index contributed by atoms with van der Waals surface area (Å²) in [4.78, 5) is 0. The second-order valence-corrected chi connectivity index (χ2v) is 2.82. The van der Waals surface area contributed by atoms with Gasteiger partial charge in [-0.25, -0.2) is 0 Å². The van der Waals surface area contributed by atoms with E-state index in [-0.39, 0.29) is 6.61 Å². The minimum atomic E-state index is 0.247. The zero-order chi connectivity index (χ0) is 8.81. The van der Waals surface area contributed by atoms with Crippen LogP contribution in [0.1, 0.15) is 17.7 Å². The van der Waals surface area contributed by atoms with Crippen molar-refractivity contribution in [3.63, 3.8) is 0 Å². The Labute approximate surface area is 72.4 Å². The standard InChI is InChI=1S/C9H15NO2/c1-8-5-9(7-12-8)6-10-3-2-4-11/h5,7,10-11H,2-4,6H2,1H3. The van der Waals surface area contributed by atoms with Gasteiger partial charge in [-0.15, -0.1) is 0 Å². The minimum absolute atomic E-state index is 0.247. The molecule has 2 N–H and O–H groups in total. The van der Waals surface area contributed by atoms with E-state index >= 15 is 0 Å². The lowest BCUT2D eigenvalue weighted by Gasteiger charge is -1.99. The number of aliphatic hydroxyl groups excluding tert-OH is 1. The van der Waals surface area contributed by atoms with Gasteiger partial charge < -0.3 is 14.8 Å². The van der Waals surface area contributed by atoms with Crippen LogP contribution in [0.15, 0.2) is 16.7 Å². The van der Waals surface area contributed by atoms with Crippen LogP contribution >= 0.6 is 0 Å². The van der Waals surface area contributed by atoms with Crippen molar-refractivity contribution in [1.82, 2.24) is 5.32 Å². The maximum atomic E-state index is 8.51. The molecule has 0 radical (unpaired) electrons. The first kappa shape index (κ1) is 9.29.